The lowest BCUT2D eigenvalue weighted by atomic mass is 9.74. The van der Waals surface area contributed by atoms with E-state index in [1.807, 2.05) is 18.5 Å². The fraction of sp³-hybridized carbons (Fsp3) is 0.438. The molecule has 0 amide bonds. The number of hydrogen-bond donors (Lipinski definition) is 1. The Balaban J connectivity index is 2.08. The highest BCUT2D eigenvalue weighted by atomic mass is 14.9. The van der Waals surface area contributed by atoms with E-state index >= 15 is 0 Å². The lowest BCUT2D eigenvalue weighted by Gasteiger charge is -2.34. The van der Waals surface area contributed by atoms with E-state index in [1.54, 1.807) is 6.20 Å². The van der Waals surface area contributed by atoms with Crippen molar-refractivity contribution in [3.8, 4) is 11.4 Å². The first-order chi connectivity index (χ1) is 9.46. The number of pyridine rings is 1. The van der Waals surface area contributed by atoms with E-state index in [1.165, 1.54) is 0 Å². The van der Waals surface area contributed by atoms with E-state index in [4.69, 9.17) is 10.7 Å². The standard InChI is InChI=1S/C16H20N4/c1-10-4-5-18-8-11(10)15-19-9-12-13(17)6-16(2,3)7-14(12)20-15/h4-5,8-9,13H,6-7,17H2,1-3H3. The lowest BCUT2D eigenvalue weighted by molar-refractivity contribution is 0.278. The second-order valence-corrected chi connectivity index (χ2v) is 6.44. The molecule has 1 aliphatic carbocycles. The summed E-state index contributed by atoms with van der Waals surface area (Å²) in [6.07, 6.45) is 7.44. The quantitative estimate of drug-likeness (QED) is 0.863. The minimum absolute atomic E-state index is 0.0396. The number of nitrogens with two attached hydrogens (primary N) is 1. The Morgan fingerprint density at radius 2 is 2.10 bits per heavy atom. The molecule has 2 heterocycles. The Labute approximate surface area is 119 Å². The van der Waals surface area contributed by atoms with Gasteiger partial charge in [-0.25, -0.2) is 9.97 Å². The van der Waals surface area contributed by atoms with Crippen LogP contribution in [0.4, 0.5) is 0 Å². The molecule has 0 saturated carbocycles. The Hall–Kier alpha value is -1.81. The largest absolute Gasteiger partial charge is 0.324 e. The normalized spacial score (nSPS) is 20.5. The van der Waals surface area contributed by atoms with Crippen LogP contribution < -0.4 is 5.73 Å². The zero-order valence-electron chi connectivity index (χ0n) is 12.2. The molecule has 4 heteroatoms. The molecule has 0 spiro atoms. The first-order valence-electron chi connectivity index (χ1n) is 6.99. The fourth-order valence-electron chi connectivity index (χ4n) is 2.94. The van der Waals surface area contributed by atoms with E-state index in [0.717, 1.165) is 41.1 Å². The SMILES string of the molecule is Cc1ccncc1-c1ncc2c(n1)CC(C)(C)CC2N. The van der Waals surface area contributed by atoms with Crippen molar-refractivity contribution in [3.63, 3.8) is 0 Å². The van der Waals surface area contributed by atoms with Crippen LogP contribution in [-0.2, 0) is 6.42 Å². The number of hydrogen-bond acceptors (Lipinski definition) is 4. The summed E-state index contributed by atoms with van der Waals surface area (Å²) in [6.45, 7) is 6.54. The molecule has 0 fully saturated rings. The predicted octanol–water partition coefficient (Wildman–Crippen LogP) is 2.82. The van der Waals surface area contributed by atoms with Crippen LogP contribution in [0.3, 0.4) is 0 Å². The molecular formula is C16H20N4. The molecule has 0 aromatic carbocycles. The molecule has 4 nitrogen and oxygen atoms in total. The molecule has 0 radical (unpaired) electrons. The number of rotatable bonds is 1. The minimum Gasteiger partial charge on any atom is -0.324 e. The average Bonchev–Trinajstić information content (AvgIpc) is 2.37. The third-order valence-electron chi connectivity index (χ3n) is 4.00. The van der Waals surface area contributed by atoms with Gasteiger partial charge in [0.2, 0.25) is 0 Å². The van der Waals surface area contributed by atoms with Gasteiger partial charge in [-0.3, -0.25) is 4.98 Å². The molecule has 0 aliphatic heterocycles. The molecule has 2 aromatic heterocycles. The number of nitrogens with zero attached hydrogens (tertiary/aromatic N) is 3. The van der Waals surface area contributed by atoms with Crippen LogP contribution in [0.5, 0.6) is 0 Å². The van der Waals surface area contributed by atoms with Crippen molar-refractivity contribution in [1.82, 2.24) is 15.0 Å². The summed E-state index contributed by atoms with van der Waals surface area (Å²) in [5.74, 6) is 0.749. The first kappa shape index (κ1) is 13.2. The van der Waals surface area contributed by atoms with Crippen molar-refractivity contribution in [2.24, 2.45) is 11.1 Å². The molecular weight excluding hydrogens is 248 g/mol. The Morgan fingerprint density at radius 3 is 2.85 bits per heavy atom. The molecule has 2 aromatic rings. The van der Waals surface area contributed by atoms with Gasteiger partial charge in [0.05, 0.1) is 0 Å². The van der Waals surface area contributed by atoms with Gasteiger partial charge in [0, 0.05) is 41.5 Å². The van der Waals surface area contributed by atoms with Crippen molar-refractivity contribution >= 4 is 0 Å². The summed E-state index contributed by atoms with van der Waals surface area (Å²) in [6, 6.07) is 2.02. The summed E-state index contributed by atoms with van der Waals surface area (Å²) in [4.78, 5) is 13.4. The van der Waals surface area contributed by atoms with Gasteiger partial charge in [-0.05, 0) is 36.8 Å². The van der Waals surface area contributed by atoms with Crippen LogP contribution in [0.25, 0.3) is 11.4 Å². The summed E-state index contributed by atoms with van der Waals surface area (Å²) >= 11 is 0. The van der Waals surface area contributed by atoms with Gasteiger partial charge in [0.25, 0.3) is 0 Å². The first-order valence-corrected chi connectivity index (χ1v) is 6.99. The van der Waals surface area contributed by atoms with Gasteiger partial charge in [-0.1, -0.05) is 13.8 Å². The van der Waals surface area contributed by atoms with Gasteiger partial charge in [0.1, 0.15) is 0 Å². The predicted molar refractivity (Wildman–Crippen MR) is 79.0 cm³/mol. The molecule has 20 heavy (non-hydrogen) atoms. The van der Waals surface area contributed by atoms with Crippen molar-refractivity contribution in [3.05, 3.63) is 41.5 Å². The molecule has 1 aliphatic rings. The fourth-order valence-corrected chi connectivity index (χ4v) is 2.94. The van der Waals surface area contributed by atoms with Crippen LogP contribution in [0.2, 0.25) is 0 Å². The zero-order valence-corrected chi connectivity index (χ0v) is 12.2. The van der Waals surface area contributed by atoms with Crippen LogP contribution in [0.15, 0.2) is 24.7 Å². The highest BCUT2D eigenvalue weighted by Gasteiger charge is 2.31. The van der Waals surface area contributed by atoms with Crippen LogP contribution in [0.1, 0.15) is 43.1 Å². The molecule has 1 atom stereocenters. The number of aromatic nitrogens is 3. The third kappa shape index (κ3) is 2.31. The summed E-state index contributed by atoms with van der Waals surface area (Å²) in [5.41, 5.74) is 10.8. The van der Waals surface area contributed by atoms with Crippen molar-refractivity contribution in [2.45, 2.75) is 39.7 Å². The van der Waals surface area contributed by atoms with E-state index in [2.05, 4.69) is 30.7 Å². The van der Waals surface area contributed by atoms with E-state index in [0.29, 0.717) is 0 Å². The van der Waals surface area contributed by atoms with Gasteiger partial charge >= 0.3 is 0 Å². The second-order valence-electron chi connectivity index (χ2n) is 6.44. The summed E-state index contributed by atoms with van der Waals surface area (Å²) in [5, 5.41) is 0. The van der Waals surface area contributed by atoms with Crippen LogP contribution in [-0.4, -0.2) is 15.0 Å². The Morgan fingerprint density at radius 1 is 1.30 bits per heavy atom. The maximum Gasteiger partial charge on any atom is 0.161 e. The zero-order chi connectivity index (χ0) is 14.3. The van der Waals surface area contributed by atoms with E-state index < -0.39 is 0 Å². The highest BCUT2D eigenvalue weighted by molar-refractivity contribution is 5.58. The van der Waals surface area contributed by atoms with Crippen molar-refractivity contribution in [2.75, 3.05) is 0 Å². The van der Waals surface area contributed by atoms with Crippen molar-refractivity contribution < 1.29 is 0 Å². The third-order valence-corrected chi connectivity index (χ3v) is 4.00. The van der Waals surface area contributed by atoms with Crippen LogP contribution >= 0.6 is 0 Å². The van der Waals surface area contributed by atoms with Gasteiger partial charge < -0.3 is 5.73 Å². The van der Waals surface area contributed by atoms with Crippen molar-refractivity contribution in [1.29, 1.82) is 0 Å². The van der Waals surface area contributed by atoms with E-state index in [-0.39, 0.29) is 11.5 Å². The van der Waals surface area contributed by atoms with Gasteiger partial charge in [-0.15, -0.1) is 0 Å². The second kappa shape index (κ2) is 4.63. The Kier molecular flexibility index (Phi) is 3.05. The monoisotopic (exact) mass is 268 g/mol. The lowest BCUT2D eigenvalue weighted by Crippen LogP contribution is -2.30. The molecule has 2 N–H and O–H groups in total. The summed E-state index contributed by atoms with van der Waals surface area (Å²) < 4.78 is 0. The maximum absolute atomic E-state index is 6.25. The number of aryl methyl sites for hydroxylation is 1. The highest BCUT2D eigenvalue weighted by Crippen LogP contribution is 2.38. The smallest absolute Gasteiger partial charge is 0.161 e. The molecule has 104 valence electrons. The van der Waals surface area contributed by atoms with Crippen LogP contribution in [0, 0.1) is 12.3 Å². The maximum atomic E-state index is 6.25. The minimum atomic E-state index is 0.0396. The average molecular weight is 268 g/mol. The summed E-state index contributed by atoms with van der Waals surface area (Å²) in [7, 11) is 0. The number of fused-ring (bicyclic) bond motifs is 1. The molecule has 0 bridgehead atoms. The Bertz CT molecular complexity index is 649. The molecule has 1 unspecified atom stereocenters. The van der Waals surface area contributed by atoms with Gasteiger partial charge in [-0.2, -0.15) is 0 Å². The topological polar surface area (TPSA) is 64.7 Å². The van der Waals surface area contributed by atoms with E-state index in [9.17, 15) is 0 Å². The molecule has 0 saturated heterocycles. The molecule has 3 rings (SSSR count). The van der Waals surface area contributed by atoms with Gasteiger partial charge in [0.15, 0.2) is 5.82 Å².